The molecular weight excluding hydrogens is 190 g/mol. The van der Waals surface area contributed by atoms with Gasteiger partial charge in [-0.3, -0.25) is 4.79 Å². The first-order valence-corrected chi connectivity index (χ1v) is 4.72. The predicted octanol–water partition coefficient (Wildman–Crippen LogP) is 2.60. The normalized spacial score (nSPS) is 11.0. The molecule has 1 aromatic rings. The van der Waals surface area contributed by atoms with Crippen LogP contribution in [0.3, 0.4) is 0 Å². The van der Waals surface area contributed by atoms with E-state index in [2.05, 4.69) is 5.32 Å². The Hall–Kier alpha value is -1.77. The Balaban J connectivity index is 2.84. The van der Waals surface area contributed by atoms with Gasteiger partial charge < -0.3 is 10.1 Å². The van der Waals surface area contributed by atoms with E-state index in [9.17, 15) is 4.79 Å². The fraction of sp³-hybridized carbons (Fsp3) is 0.250. The topological polar surface area (TPSA) is 38.3 Å². The predicted molar refractivity (Wildman–Crippen MR) is 61.1 cm³/mol. The number of ether oxygens (including phenoxy) is 1. The molecule has 1 aromatic carbocycles. The van der Waals surface area contributed by atoms with Crippen LogP contribution < -0.4 is 10.1 Å². The van der Waals surface area contributed by atoms with E-state index >= 15 is 0 Å². The van der Waals surface area contributed by atoms with Crippen LogP contribution >= 0.6 is 0 Å². The Morgan fingerprint density at radius 3 is 2.60 bits per heavy atom. The second-order valence-electron chi connectivity index (χ2n) is 3.26. The number of rotatable bonds is 4. The molecule has 0 aliphatic rings. The van der Waals surface area contributed by atoms with Crippen molar-refractivity contribution in [2.45, 2.75) is 13.8 Å². The molecular formula is C12H15NO2. The van der Waals surface area contributed by atoms with Crippen molar-refractivity contribution in [2.75, 3.05) is 12.4 Å². The van der Waals surface area contributed by atoms with E-state index in [1.165, 1.54) is 6.92 Å². The standard InChI is InChI=1S/C12H15NO2/c1-9(8-10(2)14)13-11-6-4-5-7-12(11)15-3/h4-8,13H,1-3H3/b9-8-. The van der Waals surface area contributed by atoms with Crippen molar-refractivity contribution in [2.24, 2.45) is 0 Å². The summed E-state index contributed by atoms with van der Waals surface area (Å²) in [5.41, 5.74) is 1.65. The van der Waals surface area contributed by atoms with Crippen LogP contribution in [-0.4, -0.2) is 12.9 Å². The number of carbonyl (C=O) groups excluding carboxylic acids is 1. The summed E-state index contributed by atoms with van der Waals surface area (Å²) in [6.45, 7) is 3.36. The van der Waals surface area contributed by atoms with E-state index < -0.39 is 0 Å². The van der Waals surface area contributed by atoms with Crippen LogP contribution in [0.1, 0.15) is 13.8 Å². The summed E-state index contributed by atoms with van der Waals surface area (Å²) in [7, 11) is 1.62. The van der Waals surface area contributed by atoms with Gasteiger partial charge in [0, 0.05) is 5.70 Å². The third-order valence-electron chi connectivity index (χ3n) is 1.86. The monoisotopic (exact) mass is 205 g/mol. The van der Waals surface area contributed by atoms with Crippen molar-refractivity contribution in [3.8, 4) is 5.75 Å². The molecule has 3 nitrogen and oxygen atoms in total. The zero-order chi connectivity index (χ0) is 11.3. The van der Waals surface area contributed by atoms with Crippen LogP contribution in [0.25, 0.3) is 0 Å². The largest absolute Gasteiger partial charge is 0.495 e. The minimum absolute atomic E-state index is 0.0231. The van der Waals surface area contributed by atoms with Gasteiger partial charge in [-0.15, -0.1) is 0 Å². The molecule has 0 heterocycles. The third-order valence-corrected chi connectivity index (χ3v) is 1.86. The first-order valence-electron chi connectivity index (χ1n) is 4.72. The minimum Gasteiger partial charge on any atom is -0.495 e. The van der Waals surface area contributed by atoms with Crippen molar-refractivity contribution >= 4 is 11.5 Å². The number of carbonyl (C=O) groups is 1. The summed E-state index contributed by atoms with van der Waals surface area (Å²) in [6.07, 6.45) is 1.55. The average molecular weight is 205 g/mol. The molecule has 0 aliphatic heterocycles. The molecule has 15 heavy (non-hydrogen) atoms. The lowest BCUT2D eigenvalue weighted by molar-refractivity contribution is -0.112. The molecule has 0 aromatic heterocycles. The van der Waals surface area contributed by atoms with Crippen LogP contribution in [-0.2, 0) is 4.79 Å². The second-order valence-corrected chi connectivity index (χ2v) is 3.26. The Morgan fingerprint density at radius 2 is 2.00 bits per heavy atom. The lowest BCUT2D eigenvalue weighted by Crippen LogP contribution is -2.00. The number of benzene rings is 1. The van der Waals surface area contributed by atoms with E-state index in [-0.39, 0.29) is 5.78 Å². The number of hydrogen-bond acceptors (Lipinski definition) is 3. The minimum atomic E-state index is 0.0231. The molecule has 0 radical (unpaired) electrons. The quantitative estimate of drug-likeness (QED) is 0.768. The number of para-hydroxylation sites is 2. The number of nitrogens with one attached hydrogen (secondary N) is 1. The highest BCUT2D eigenvalue weighted by Crippen LogP contribution is 2.24. The fourth-order valence-electron chi connectivity index (χ4n) is 1.30. The zero-order valence-corrected chi connectivity index (χ0v) is 9.20. The maximum absolute atomic E-state index is 10.9. The van der Waals surface area contributed by atoms with Gasteiger partial charge in [-0.2, -0.15) is 0 Å². The summed E-state index contributed by atoms with van der Waals surface area (Å²) in [6, 6.07) is 7.57. The molecule has 1 rings (SSSR count). The summed E-state index contributed by atoms with van der Waals surface area (Å²) in [4.78, 5) is 10.9. The highest BCUT2D eigenvalue weighted by Gasteiger charge is 2.00. The van der Waals surface area contributed by atoms with Crippen molar-refractivity contribution in [1.82, 2.24) is 0 Å². The molecule has 0 bridgehead atoms. The van der Waals surface area contributed by atoms with E-state index in [4.69, 9.17) is 4.74 Å². The van der Waals surface area contributed by atoms with Gasteiger partial charge in [-0.1, -0.05) is 12.1 Å². The fourth-order valence-corrected chi connectivity index (χ4v) is 1.30. The number of allylic oxidation sites excluding steroid dienone is 2. The van der Waals surface area contributed by atoms with Gasteiger partial charge in [0.25, 0.3) is 0 Å². The van der Waals surface area contributed by atoms with E-state index in [1.807, 2.05) is 31.2 Å². The van der Waals surface area contributed by atoms with Gasteiger partial charge in [-0.25, -0.2) is 0 Å². The Bertz CT molecular complexity index is 383. The zero-order valence-electron chi connectivity index (χ0n) is 9.20. The summed E-state index contributed by atoms with van der Waals surface area (Å²) in [5.74, 6) is 0.781. The lowest BCUT2D eigenvalue weighted by atomic mass is 10.2. The maximum Gasteiger partial charge on any atom is 0.154 e. The van der Waals surface area contributed by atoms with Crippen LogP contribution in [0.5, 0.6) is 5.75 Å². The Kier molecular flexibility index (Phi) is 3.92. The second kappa shape index (κ2) is 5.20. The first kappa shape index (κ1) is 11.3. The smallest absolute Gasteiger partial charge is 0.154 e. The molecule has 0 spiro atoms. The maximum atomic E-state index is 10.9. The molecule has 1 N–H and O–H groups in total. The van der Waals surface area contributed by atoms with Gasteiger partial charge in [0.15, 0.2) is 5.78 Å². The molecule has 0 saturated carbocycles. The molecule has 0 saturated heterocycles. The van der Waals surface area contributed by atoms with Gasteiger partial charge in [0.2, 0.25) is 0 Å². The van der Waals surface area contributed by atoms with Gasteiger partial charge in [0.1, 0.15) is 5.75 Å². The molecule has 0 unspecified atom stereocenters. The van der Waals surface area contributed by atoms with Crippen molar-refractivity contribution in [1.29, 1.82) is 0 Å². The lowest BCUT2D eigenvalue weighted by Gasteiger charge is -2.10. The third kappa shape index (κ3) is 3.46. The summed E-state index contributed by atoms with van der Waals surface area (Å²) < 4.78 is 5.18. The molecule has 80 valence electrons. The van der Waals surface area contributed by atoms with Crippen LogP contribution in [0.2, 0.25) is 0 Å². The van der Waals surface area contributed by atoms with E-state index in [1.54, 1.807) is 13.2 Å². The molecule has 0 aliphatic carbocycles. The van der Waals surface area contributed by atoms with E-state index in [0.29, 0.717) is 0 Å². The SMILES string of the molecule is COc1ccccc1N/C(C)=C\C(C)=O. The van der Waals surface area contributed by atoms with Gasteiger partial charge in [-0.05, 0) is 32.1 Å². The van der Waals surface area contributed by atoms with Crippen LogP contribution in [0, 0.1) is 0 Å². The van der Waals surface area contributed by atoms with Crippen molar-refractivity contribution < 1.29 is 9.53 Å². The van der Waals surface area contributed by atoms with Gasteiger partial charge in [0.05, 0.1) is 12.8 Å². The number of ketones is 1. The molecule has 0 atom stereocenters. The Morgan fingerprint density at radius 1 is 1.33 bits per heavy atom. The van der Waals surface area contributed by atoms with E-state index in [0.717, 1.165) is 17.1 Å². The van der Waals surface area contributed by atoms with Gasteiger partial charge >= 0.3 is 0 Å². The number of anilines is 1. The highest BCUT2D eigenvalue weighted by molar-refractivity contribution is 5.88. The molecule has 0 fully saturated rings. The summed E-state index contributed by atoms with van der Waals surface area (Å²) in [5, 5.41) is 3.11. The summed E-state index contributed by atoms with van der Waals surface area (Å²) >= 11 is 0. The average Bonchev–Trinajstić information content (AvgIpc) is 2.17. The van der Waals surface area contributed by atoms with Crippen LogP contribution in [0.4, 0.5) is 5.69 Å². The molecule has 3 heteroatoms. The van der Waals surface area contributed by atoms with Crippen molar-refractivity contribution in [3.05, 3.63) is 36.0 Å². The first-order chi connectivity index (χ1) is 7.13. The number of hydrogen-bond donors (Lipinski definition) is 1. The van der Waals surface area contributed by atoms with Crippen molar-refractivity contribution in [3.63, 3.8) is 0 Å². The molecule has 0 amide bonds. The highest BCUT2D eigenvalue weighted by atomic mass is 16.5. The Labute approximate surface area is 89.8 Å². The number of methoxy groups -OCH3 is 1. The van der Waals surface area contributed by atoms with Crippen LogP contribution in [0.15, 0.2) is 36.0 Å².